The molecular formula is C9H13N3O2. The van der Waals surface area contributed by atoms with Gasteiger partial charge in [-0.3, -0.25) is 4.79 Å². The lowest BCUT2D eigenvalue weighted by molar-refractivity contribution is -0.133. The molecule has 76 valence electrons. The molecular weight excluding hydrogens is 182 g/mol. The van der Waals surface area contributed by atoms with E-state index in [1.807, 2.05) is 11.8 Å². The zero-order valence-corrected chi connectivity index (χ0v) is 8.14. The van der Waals surface area contributed by atoms with Crippen molar-refractivity contribution in [3.8, 4) is 0 Å². The van der Waals surface area contributed by atoms with Gasteiger partial charge in [0.2, 0.25) is 12.3 Å². The number of likely N-dealkylation sites (N-methyl/N-ethyl adjacent to an activating group) is 1. The first-order valence-corrected chi connectivity index (χ1v) is 4.85. The molecule has 1 amide bonds. The summed E-state index contributed by atoms with van der Waals surface area (Å²) in [5, 5.41) is 3.81. The van der Waals surface area contributed by atoms with E-state index in [0.29, 0.717) is 6.42 Å². The summed E-state index contributed by atoms with van der Waals surface area (Å²) >= 11 is 0. The molecule has 0 radical (unpaired) electrons. The molecule has 0 bridgehead atoms. The number of carbonyl (C=O) groups is 1. The van der Waals surface area contributed by atoms with E-state index in [-0.39, 0.29) is 11.8 Å². The van der Waals surface area contributed by atoms with Crippen molar-refractivity contribution >= 4 is 5.91 Å². The molecule has 1 aliphatic heterocycles. The fraction of sp³-hybridized carbons (Fsp3) is 0.667. The molecule has 1 aliphatic rings. The van der Waals surface area contributed by atoms with Crippen LogP contribution in [0.4, 0.5) is 0 Å². The molecule has 0 aliphatic carbocycles. The molecule has 0 aromatic carbocycles. The van der Waals surface area contributed by atoms with Crippen LogP contribution >= 0.6 is 0 Å². The van der Waals surface area contributed by atoms with Crippen molar-refractivity contribution in [1.29, 1.82) is 0 Å². The van der Waals surface area contributed by atoms with Crippen LogP contribution in [-0.2, 0) is 4.79 Å². The SMILES string of the molecule is CCN1C[C@@H](c2ncon2)CCC1=O. The molecule has 1 fully saturated rings. The Balaban J connectivity index is 2.06. The van der Waals surface area contributed by atoms with E-state index in [1.165, 1.54) is 6.39 Å². The molecule has 14 heavy (non-hydrogen) atoms. The summed E-state index contributed by atoms with van der Waals surface area (Å²) < 4.78 is 4.70. The summed E-state index contributed by atoms with van der Waals surface area (Å²) in [6, 6.07) is 0. The number of amides is 1. The fourth-order valence-corrected chi connectivity index (χ4v) is 1.79. The average Bonchev–Trinajstić information content (AvgIpc) is 2.71. The molecule has 0 N–H and O–H groups in total. The summed E-state index contributed by atoms with van der Waals surface area (Å²) in [4.78, 5) is 17.3. The lowest BCUT2D eigenvalue weighted by Crippen LogP contribution is -2.39. The third-order valence-corrected chi connectivity index (χ3v) is 2.63. The molecule has 5 nitrogen and oxygen atoms in total. The summed E-state index contributed by atoms with van der Waals surface area (Å²) in [7, 11) is 0. The van der Waals surface area contributed by atoms with Crippen molar-refractivity contribution in [2.75, 3.05) is 13.1 Å². The number of likely N-dealkylation sites (tertiary alicyclic amines) is 1. The van der Waals surface area contributed by atoms with E-state index in [9.17, 15) is 4.79 Å². The smallest absolute Gasteiger partial charge is 0.222 e. The second-order valence-electron chi connectivity index (χ2n) is 3.46. The minimum Gasteiger partial charge on any atom is -0.343 e. The molecule has 0 unspecified atom stereocenters. The minimum absolute atomic E-state index is 0.229. The minimum atomic E-state index is 0.229. The van der Waals surface area contributed by atoms with Gasteiger partial charge in [0.1, 0.15) is 0 Å². The summed E-state index contributed by atoms with van der Waals surface area (Å²) in [6.45, 7) is 3.46. The molecule has 1 saturated heterocycles. The van der Waals surface area contributed by atoms with Crippen LogP contribution in [0.25, 0.3) is 0 Å². The Morgan fingerprint density at radius 2 is 2.57 bits per heavy atom. The highest BCUT2D eigenvalue weighted by molar-refractivity contribution is 5.77. The van der Waals surface area contributed by atoms with Crippen LogP contribution in [-0.4, -0.2) is 34.0 Å². The van der Waals surface area contributed by atoms with Gasteiger partial charge in [0.25, 0.3) is 0 Å². The Labute approximate surface area is 82.1 Å². The van der Waals surface area contributed by atoms with Gasteiger partial charge in [0.05, 0.1) is 0 Å². The monoisotopic (exact) mass is 195 g/mol. The molecule has 5 heteroatoms. The van der Waals surface area contributed by atoms with E-state index in [4.69, 9.17) is 4.52 Å². The fourth-order valence-electron chi connectivity index (χ4n) is 1.79. The zero-order valence-electron chi connectivity index (χ0n) is 8.14. The topological polar surface area (TPSA) is 59.2 Å². The van der Waals surface area contributed by atoms with Gasteiger partial charge in [0.15, 0.2) is 5.82 Å². The van der Waals surface area contributed by atoms with Gasteiger partial charge in [0, 0.05) is 25.4 Å². The van der Waals surface area contributed by atoms with E-state index < -0.39 is 0 Å². The van der Waals surface area contributed by atoms with Crippen LogP contribution in [0.2, 0.25) is 0 Å². The highest BCUT2D eigenvalue weighted by atomic mass is 16.5. The third kappa shape index (κ3) is 1.62. The molecule has 0 saturated carbocycles. The number of rotatable bonds is 2. The van der Waals surface area contributed by atoms with Crippen molar-refractivity contribution in [3.63, 3.8) is 0 Å². The molecule has 2 heterocycles. The zero-order chi connectivity index (χ0) is 9.97. The Morgan fingerprint density at radius 1 is 1.71 bits per heavy atom. The second-order valence-corrected chi connectivity index (χ2v) is 3.46. The number of nitrogens with zero attached hydrogens (tertiary/aromatic N) is 3. The highest BCUT2D eigenvalue weighted by Gasteiger charge is 2.27. The number of aromatic nitrogens is 2. The lowest BCUT2D eigenvalue weighted by atomic mass is 9.97. The van der Waals surface area contributed by atoms with Crippen LogP contribution in [0.5, 0.6) is 0 Å². The largest absolute Gasteiger partial charge is 0.343 e. The van der Waals surface area contributed by atoms with E-state index in [2.05, 4.69) is 10.1 Å². The van der Waals surface area contributed by atoms with Crippen LogP contribution in [0.15, 0.2) is 10.9 Å². The summed E-state index contributed by atoms with van der Waals surface area (Å²) in [5.41, 5.74) is 0. The highest BCUT2D eigenvalue weighted by Crippen LogP contribution is 2.24. The summed E-state index contributed by atoms with van der Waals surface area (Å²) in [6.07, 6.45) is 2.75. The van der Waals surface area contributed by atoms with E-state index >= 15 is 0 Å². The molecule has 0 spiro atoms. The normalized spacial score (nSPS) is 22.8. The van der Waals surface area contributed by atoms with E-state index in [0.717, 1.165) is 25.3 Å². The Morgan fingerprint density at radius 3 is 3.21 bits per heavy atom. The maximum Gasteiger partial charge on any atom is 0.222 e. The van der Waals surface area contributed by atoms with Crippen LogP contribution in [0, 0.1) is 0 Å². The predicted octanol–water partition coefficient (Wildman–Crippen LogP) is 0.795. The first-order valence-electron chi connectivity index (χ1n) is 4.85. The van der Waals surface area contributed by atoms with Crippen molar-refractivity contribution in [3.05, 3.63) is 12.2 Å². The number of hydrogen-bond donors (Lipinski definition) is 0. The predicted molar refractivity (Wildman–Crippen MR) is 48.5 cm³/mol. The van der Waals surface area contributed by atoms with Crippen LogP contribution in [0.1, 0.15) is 31.5 Å². The molecule has 1 aromatic rings. The van der Waals surface area contributed by atoms with Gasteiger partial charge >= 0.3 is 0 Å². The van der Waals surface area contributed by atoms with Gasteiger partial charge < -0.3 is 9.42 Å². The van der Waals surface area contributed by atoms with Crippen molar-refractivity contribution < 1.29 is 9.32 Å². The van der Waals surface area contributed by atoms with Gasteiger partial charge in [-0.25, -0.2) is 0 Å². The number of carbonyl (C=O) groups excluding carboxylic acids is 1. The number of hydrogen-bond acceptors (Lipinski definition) is 4. The quantitative estimate of drug-likeness (QED) is 0.700. The standard InChI is InChI=1S/C9H13N3O2/c1-2-12-5-7(3-4-8(12)13)9-10-6-14-11-9/h6-7H,2-5H2,1H3/t7-/m0/s1. The van der Waals surface area contributed by atoms with Crippen LogP contribution in [0.3, 0.4) is 0 Å². The van der Waals surface area contributed by atoms with Gasteiger partial charge in [-0.15, -0.1) is 0 Å². The van der Waals surface area contributed by atoms with Crippen molar-refractivity contribution in [1.82, 2.24) is 15.0 Å². The van der Waals surface area contributed by atoms with Crippen LogP contribution < -0.4 is 0 Å². The molecule has 1 atom stereocenters. The first kappa shape index (κ1) is 9.18. The average molecular weight is 195 g/mol. The van der Waals surface area contributed by atoms with Gasteiger partial charge in [-0.1, -0.05) is 5.16 Å². The van der Waals surface area contributed by atoms with Gasteiger partial charge in [-0.2, -0.15) is 4.98 Å². The maximum absolute atomic E-state index is 11.4. The first-order chi connectivity index (χ1) is 6.81. The second kappa shape index (κ2) is 3.77. The Kier molecular flexibility index (Phi) is 2.47. The Bertz CT molecular complexity index is 310. The van der Waals surface area contributed by atoms with Crippen molar-refractivity contribution in [2.45, 2.75) is 25.7 Å². The maximum atomic E-state index is 11.4. The van der Waals surface area contributed by atoms with Crippen molar-refractivity contribution in [2.24, 2.45) is 0 Å². The Hall–Kier alpha value is -1.39. The number of piperidine rings is 1. The third-order valence-electron chi connectivity index (χ3n) is 2.63. The lowest BCUT2D eigenvalue weighted by Gasteiger charge is -2.29. The molecule has 1 aromatic heterocycles. The van der Waals surface area contributed by atoms with Gasteiger partial charge in [-0.05, 0) is 13.3 Å². The van der Waals surface area contributed by atoms with E-state index in [1.54, 1.807) is 0 Å². The summed E-state index contributed by atoms with van der Waals surface area (Å²) in [5.74, 6) is 1.19. The molecule has 2 rings (SSSR count).